The normalized spacial score (nSPS) is 10.1. The zero-order valence-corrected chi connectivity index (χ0v) is 11.6. The summed E-state index contributed by atoms with van der Waals surface area (Å²) in [6.45, 7) is 0.806. The quantitative estimate of drug-likeness (QED) is 0.945. The van der Waals surface area contributed by atoms with Crippen molar-refractivity contribution < 1.29 is 0 Å². The molecule has 0 aliphatic heterocycles. The van der Waals surface area contributed by atoms with Gasteiger partial charge in [0, 0.05) is 42.1 Å². The molecule has 1 aromatic heterocycles. The van der Waals surface area contributed by atoms with Crippen molar-refractivity contribution in [2.45, 2.75) is 6.42 Å². The zero-order valence-electron chi connectivity index (χ0n) is 10.0. The Balaban J connectivity index is 1.97. The first-order chi connectivity index (χ1) is 8.69. The third-order valence-corrected chi connectivity index (χ3v) is 3.12. The largest absolute Gasteiger partial charge is 0.385 e. The summed E-state index contributed by atoms with van der Waals surface area (Å²) in [6, 6.07) is 9.74. The minimum atomic E-state index is 0.646. The Morgan fingerprint density at radius 2 is 2.28 bits per heavy atom. The van der Waals surface area contributed by atoms with Gasteiger partial charge in [0.2, 0.25) is 0 Å². The van der Waals surface area contributed by atoms with Crippen LogP contribution in [0.4, 0.5) is 5.69 Å². The van der Waals surface area contributed by atoms with Crippen LogP contribution in [0.5, 0.6) is 0 Å². The van der Waals surface area contributed by atoms with Gasteiger partial charge in [-0.25, -0.2) is 0 Å². The number of nitrogens with one attached hydrogen (secondary N) is 1. The summed E-state index contributed by atoms with van der Waals surface area (Å²) in [7, 11) is 1.93. The smallest absolute Gasteiger partial charge is 0.0992 e. The molecule has 0 saturated carbocycles. The summed E-state index contributed by atoms with van der Waals surface area (Å²) in [5, 5.41) is 16.3. The molecule has 2 aromatic rings. The molecule has 18 heavy (non-hydrogen) atoms. The van der Waals surface area contributed by atoms with Gasteiger partial charge in [0.15, 0.2) is 0 Å². The molecule has 0 unspecified atom stereocenters. The van der Waals surface area contributed by atoms with Gasteiger partial charge in [0.25, 0.3) is 0 Å². The van der Waals surface area contributed by atoms with Crippen LogP contribution in [0.3, 0.4) is 0 Å². The van der Waals surface area contributed by atoms with Crippen molar-refractivity contribution in [2.75, 3.05) is 11.9 Å². The minimum Gasteiger partial charge on any atom is -0.385 e. The summed E-state index contributed by atoms with van der Waals surface area (Å²) < 4.78 is 2.77. The lowest BCUT2D eigenvalue weighted by Crippen LogP contribution is -2.08. The van der Waals surface area contributed by atoms with Gasteiger partial charge in [-0.2, -0.15) is 10.4 Å². The first-order valence-corrected chi connectivity index (χ1v) is 6.40. The molecule has 1 heterocycles. The second-order valence-corrected chi connectivity index (χ2v) is 4.88. The highest BCUT2D eigenvalue weighted by Crippen LogP contribution is 2.19. The van der Waals surface area contributed by atoms with Gasteiger partial charge in [-0.1, -0.05) is 15.9 Å². The first kappa shape index (κ1) is 12.7. The predicted molar refractivity (Wildman–Crippen MR) is 74.3 cm³/mol. The maximum Gasteiger partial charge on any atom is 0.0992 e. The van der Waals surface area contributed by atoms with E-state index in [0.29, 0.717) is 5.56 Å². The second kappa shape index (κ2) is 5.69. The summed E-state index contributed by atoms with van der Waals surface area (Å²) in [6.07, 6.45) is 2.69. The number of halogens is 1. The predicted octanol–water partition coefficient (Wildman–Crippen LogP) is 2.71. The molecule has 0 radical (unpaired) electrons. The van der Waals surface area contributed by atoms with Gasteiger partial charge >= 0.3 is 0 Å². The monoisotopic (exact) mass is 304 g/mol. The van der Waals surface area contributed by atoms with Crippen LogP contribution in [-0.4, -0.2) is 16.3 Å². The van der Waals surface area contributed by atoms with E-state index in [1.165, 1.54) is 5.69 Å². The number of nitriles is 1. The van der Waals surface area contributed by atoms with Crippen LogP contribution < -0.4 is 5.32 Å². The molecule has 0 fully saturated rings. The molecule has 0 aliphatic carbocycles. The van der Waals surface area contributed by atoms with Gasteiger partial charge in [-0.15, -0.1) is 0 Å². The van der Waals surface area contributed by atoms with E-state index in [1.54, 1.807) is 12.3 Å². The number of anilines is 1. The average molecular weight is 305 g/mol. The van der Waals surface area contributed by atoms with Crippen LogP contribution in [0.15, 0.2) is 34.9 Å². The van der Waals surface area contributed by atoms with E-state index in [0.717, 1.165) is 23.1 Å². The molecule has 1 N–H and O–H groups in total. The highest BCUT2D eigenvalue weighted by molar-refractivity contribution is 9.10. The number of aryl methyl sites for hydroxylation is 1. The van der Waals surface area contributed by atoms with E-state index in [1.807, 2.05) is 29.9 Å². The van der Waals surface area contributed by atoms with E-state index in [9.17, 15) is 0 Å². The summed E-state index contributed by atoms with van der Waals surface area (Å²) >= 11 is 3.39. The molecular weight excluding hydrogens is 292 g/mol. The minimum absolute atomic E-state index is 0.646. The van der Waals surface area contributed by atoms with Crippen LogP contribution in [0.25, 0.3) is 0 Å². The lowest BCUT2D eigenvalue weighted by atomic mass is 10.2. The summed E-state index contributed by atoms with van der Waals surface area (Å²) in [5.41, 5.74) is 2.77. The van der Waals surface area contributed by atoms with Crippen molar-refractivity contribution >= 4 is 21.6 Å². The number of rotatable bonds is 4. The molecule has 0 amide bonds. The Bertz CT molecular complexity index is 583. The molecule has 0 atom stereocenters. The van der Waals surface area contributed by atoms with Crippen LogP contribution in [0.1, 0.15) is 11.3 Å². The standard InChI is InChI=1S/C13H13BrN4/c1-18-13(3-5-17-18)2-4-16-12-7-10(9-15)6-11(14)8-12/h3,5-8,16H,2,4H2,1H3. The SMILES string of the molecule is Cn1nccc1CCNc1cc(Br)cc(C#N)c1. The molecule has 5 heteroatoms. The Morgan fingerprint density at radius 1 is 1.44 bits per heavy atom. The van der Waals surface area contributed by atoms with E-state index >= 15 is 0 Å². The van der Waals surface area contributed by atoms with Crippen LogP contribution in [0.2, 0.25) is 0 Å². The van der Waals surface area contributed by atoms with Crippen LogP contribution in [-0.2, 0) is 13.5 Å². The molecule has 92 valence electrons. The van der Waals surface area contributed by atoms with Gasteiger partial charge < -0.3 is 5.32 Å². The third kappa shape index (κ3) is 3.11. The van der Waals surface area contributed by atoms with E-state index in [2.05, 4.69) is 32.4 Å². The Hall–Kier alpha value is -1.80. The molecular formula is C13H13BrN4. The van der Waals surface area contributed by atoms with E-state index < -0.39 is 0 Å². The molecule has 0 spiro atoms. The summed E-state index contributed by atoms with van der Waals surface area (Å²) in [4.78, 5) is 0. The van der Waals surface area contributed by atoms with Crippen molar-refractivity contribution in [2.24, 2.45) is 7.05 Å². The highest BCUT2D eigenvalue weighted by atomic mass is 79.9. The number of hydrogen-bond acceptors (Lipinski definition) is 3. The first-order valence-electron chi connectivity index (χ1n) is 5.60. The number of hydrogen-bond donors (Lipinski definition) is 1. The second-order valence-electron chi connectivity index (χ2n) is 3.96. The fraction of sp³-hybridized carbons (Fsp3) is 0.231. The van der Waals surface area contributed by atoms with Crippen LogP contribution in [0, 0.1) is 11.3 Å². The van der Waals surface area contributed by atoms with Gasteiger partial charge in [0.1, 0.15) is 0 Å². The van der Waals surface area contributed by atoms with E-state index in [4.69, 9.17) is 5.26 Å². The maximum atomic E-state index is 8.89. The number of nitrogens with zero attached hydrogens (tertiary/aromatic N) is 3. The fourth-order valence-corrected chi connectivity index (χ4v) is 2.23. The van der Waals surface area contributed by atoms with Crippen molar-refractivity contribution in [3.8, 4) is 6.07 Å². The molecule has 2 rings (SSSR count). The van der Waals surface area contributed by atoms with Crippen molar-refractivity contribution in [1.29, 1.82) is 5.26 Å². The molecule has 0 aliphatic rings. The highest BCUT2D eigenvalue weighted by Gasteiger charge is 2.00. The Kier molecular flexibility index (Phi) is 4.00. The van der Waals surface area contributed by atoms with Gasteiger partial charge in [-0.05, 0) is 24.3 Å². The van der Waals surface area contributed by atoms with Crippen molar-refractivity contribution in [3.63, 3.8) is 0 Å². The zero-order chi connectivity index (χ0) is 13.0. The lowest BCUT2D eigenvalue weighted by molar-refractivity contribution is 0.711. The van der Waals surface area contributed by atoms with E-state index in [-0.39, 0.29) is 0 Å². The molecule has 1 aromatic carbocycles. The van der Waals surface area contributed by atoms with Crippen molar-refractivity contribution in [1.82, 2.24) is 9.78 Å². The topological polar surface area (TPSA) is 53.6 Å². The fourth-order valence-electron chi connectivity index (χ4n) is 1.74. The molecule has 0 bridgehead atoms. The van der Waals surface area contributed by atoms with Crippen LogP contribution >= 0.6 is 15.9 Å². The Labute approximate surface area is 114 Å². The van der Waals surface area contributed by atoms with Crippen molar-refractivity contribution in [3.05, 3.63) is 46.2 Å². The third-order valence-electron chi connectivity index (χ3n) is 2.66. The van der Waals surface area contributed by atoms with Gasteiger partial charge in [-0.3, -0.25) is 4.68 Å². The number of benzene rings is 1. The average Bonchev–Trinajstić information content (AvgIpc) is 2.74. The Morgan fingerprint density at radius 3 is 2.94 bits per heavy atom. The van der Waals surface area contributed by atoms with Gasteiger partial charge in [0.05, 0.1) is 11.6 Å². The molecule has 4 nitrogen and oxygen atoms in total. The lowest BCUT2D eigenvalue weighted by Gasteiger charge is -2.07. The molecule has 0 saturated heterocycles. The number of aromatic nitrogens is 2. The summed E-state index contributed by atoms with van der Waals surface area (Å²) in [5.74, 6) is 0. The maximum absolute atomic E-state index is 8.89.